The lowest BCUT2D eigenvalue weighted by atomic mass is 10.1. The maximum atomic E-state index is 12.2. The number of aliphatic hydroxyl groups excluding tert-OH is 1. The molecule has 0 saturated carbocycles. The molecule has 1 saturated heterocycles. The van der Waals surface area contributed by atoms with Gasteiger partial charge in [-0.2, -0.15) is 18.4 Å². The quantitative estimate of drug-likeness (QED) is 0.818. The summed E-state index contributed by atoms with van der Waals surface area (Å²) >= 11 is 0. The summed E-state index contributed by atoms with van der Waals surface area (Å²) in [5.74, 6) is 0. The van der Waals surface area contributed by atoms with Crippen LogP contribution < -0.4 is 0 Å². The SMILES string of the molecule is CCC(C#N)N1CCN(CC(O)C(F)(F)F)CC1. The molecule has 0 radical (unpaired) electrons. The Bertz CT molecular complexity index is 295. The Labute approximate surface area is 105 Å². The molecule has 2 atom stereocenters. The lowest BCUT2D eigenvalue weighted by molar-refractivity contribution is -0.209. The smallest absolute Gasteiger partial charge is 0.382 e. The molecule has 1 rings (SSSR count). The van der Waals surface area contributed by atoms with Crippen LogP contribution in [0.1, 0.15) is 13.3 Å². The average molecular weight is 265 g/mol. The van der Waals surface area contributed by atoms with Gasteiger partial charge in [0.2, 0.25) is 0 Å². The number of halogens is 3. The molecule has 2 unspecified atom stereocenters. The number of nitriles is 1. The number of aliphatic hydroxyl groups is 1. The van der Waals surface area contributed by atoms with Gasteiger partial charge in [0.1, 0.15) is 0 Å². The third-order valence-corrected chi connectivity index (χ3v) is 3.19. The summed E-state index contributed by atoms with van der Waals surface area (Å²) in [7, 11) is 0. The Balaban J connectivity index is 2.38. The summed E-state index contributed by atoms with van der Waals surface area (Å²) < 4.78 is 36.6. The van der Waals surface area contributed by atoms with Crippen molar-refractivity contribution in [1.29, 1.82) is 5.26 Å². The fourth-order valence-corrected chi connectivity index (χ4v) is 2.04. The Morgan fingerprint density at radius 2 is 1.83 bits per heavy atom. The summed E-state index contributed by atoms with van der Waals surface area (Å²) in [6, 6.07) is 2.01. The largest absolute Gasteiger partial charge is 0.415 e. The molecular weight excluding hydrogens is 247 g/mol. The van der Waals surface area contributed by atoms with Crippen LogP contribution in [0.15, 0.2) is 0 Å². The van der Waals surface area contributed by atoms with E-state index in [1.165, 1.54) is 0 Å². The van der Waals surface area contributed by atoms with Gasteiger partial charge in [-0.15, -0.1) is 0 Å². The molecule has 0 amide bonds. The van der Waals surface area contributed by atoms with Crippen molar-refractivity contribution in [2.75, 3.05) is 32.7 Å². The number of hydrogen-bond donors (Lipinski definition) is 1. The minimum atomic E-state index is -4.56. The van der Waals surface area contributed by atoms with E-state index in [0.717, 1.165) is 0 Å². The van der Waals surface area contributed by atoms with Gasteiger partial charge in [-0.05, 0) is 6.42 Å². The molecule has 1 fully saturated rings. The fraction of sp³-hybridized carbons (Fsp3) is 0.909. The highest BCUT2D eigenvalue weighted by molar-refractivity contribution is 4.92. The first-order valence-electron chi connectivity index (χ1n) is 5.99. The topological polar surface area (TPSA) is 50.5 Å². The molecule has 1 heterocycles. The Morgan fingerprint density at radius 3 is 2.22 bits per heavy atom. The van der Waals surface area contributed by atoms with Gasteiger partial charge in [0, 0.05) is 32.7 Å². The minimum absolute atomic E-state index is 0.167. The van der Waals surface area contributed by atoms with Crippen molar-refractivity contribution in [1.82, 2.24) is 9.80 Å². The first-order chi connectivity index (χ1) is 8.38. The highest BCUT2D eigenvalue weighted by atomic mass is 19.4. The van der Waals surface area contributed by atoms with E-state index in [2.05, 4.69) is 6.07 Å². The highest BCUT2D eigenvalue weighted by Crippen LogP contribution is 2.21. The number of rotatable bonds is 4. The van der Waals surface area contributed by atoms with Crippen LogP contribution in [0.2, 0.25) is 0 Å². The molecule has 1 aliphatic rings. The van der Waals surface area contributed by atoms with Crippen LogP contribution in [-0.2, 0) is 0 Å². The second-order valence-electron chi connectivity index (χ2n) is 4.45. The number of hydrogen-bond acceptors (Lipinski definition) is 4. The summed E-state index contributed by atoms with van der Waals surface area (Å²) in [5, 5.41) is 17.9. The van der Waals surface area contributed by atoms with Crippen molar-refractivity contribution in [3.05, 3.63) is 0 Å². The fourth-order valence-electron chi connectivity index (χ4n) is 2.04. The standard InChI is InChI=1S/C11H18F3N3O/c1-2-9(7-15)17-5-3-16(4-6-17)8-10(18)11(12,13)14/h9-10,18H,2-6,8H2,1H3. The molecule has 4 nitrogen and oxygen atoms in total. The van der Waals surface area contributed by atoms with E-state index in [9.17, 15) is 13.2 Å². The summed E-state index contributed by atoms with van der Waals surface area (Å²) in [5.41, 5.74) is 0. The van der Waals surface area contributed by atoms with Gasteiger partial charge in [-0.25, -0.2) is 0 Å². The van der Waals surface area contributed by atoms with Gasteiger partial charge in [-0.1, -0.05) is 6.92 Å². The average Bonchev–Trinajstić information content (AvgIpc) is 2.31. The number of alkyl halides is 3. The third-order valence-electron chi connectivity index (χ3n) is 3.19. The van der Waals surface area contributed by atoms with Crippen molar-refractivity contribution < 1.29 is 18.3 Å². The lowest BCUT2D eigenvalue weighted by Gasteiger charge is -2.37. The molecule has 0 aromatic carbocycles. The van der Waals surface area contributed by atoms with Crippen LogP contribution in [0, 0.1) is 11.3 Å². The molecular formula is C11H18F3N3O. The van der Waals surface area contributed by atoms with E-state index >= 15 is 0 Å². The van der Waals surface area contributed by atoms with E-state index in [1.807, 2.05) is 11.8 Å². The normalized spacial score (nSPS) is 22.4. The summed E-state index contributed by atoms with van der Waals surface area (Å²) in [4.78, 5) is 3.55. The molecule has 0 aromatic heterocycles. The van der Waals surface area contributed by atoms with Gasteiger partial charge >= 0.3 is 6.18 Å². The second kappa shape index (κ2) is 6.36. The molecule has 1 aliphatic heterocycles. The maximum Gasteiger partial charge on any atom is 0.415 e. The van der Waals surface area contributed by atoms with Crippen LogP contribution in [0.25, 0.3) is 0 Å². The van der Waals surface area contributed by atoms with Gasteiger partial charge in [-0.3, -0.25) is 9.80 Å². The predicted molar refractivity (Wildman–Crippen MR) is 59.8 cm³/mol. The minimum Gasteiger partial charge on any atom is -0.382 e. The maximum absolute atomic E-state index is 12.2. The van der Waals surface area contributed by atoms with Gasteiger partial charge in [0.05, 0.1) is 12.1 Å². The van der Waals surface area contributed by atoms with Crippen LogP contribution in [0.4, 0.5) is 13.2 Å². The zero-order valence-electron chi connectivity index (χ0n) is 10.3. The van der Waals surface area contributed by atoms with Crippen molar-refractivity contribution in [2.45, 2.75) is 31.7 Å². The van der Waals surface area contributed by atoms with E-state index in [0.29, 0.717) is 32.6 Å². The monoisotopic (exact) mass is 265 g/mol. The van der Waals surface area contributed by atoms with Gasteiger partial charge in [0.15, 0.2) is 6.10 Å². The van der Waals surface area contributed by atoms with Crippen LogP contribution >= 0.6 is 0 Å². The molecule has 0 aliphatic carbocycles. The number of nitrogens with zero attached hydrogens (tertiary/aromatic N) is 3. The zero-order valence-corrected chi connectivity index (χ0v) is 10.3. The molecule has 104 valence electrons. The van der Waals surface area contributed by atoms with Crippen LogP contribution in [0.3, 0.4) is 0 Å². The van der Waals surface area contributed by atoms with Crippen LogP contribution in [-0.4, -0.2) is 66.0 Å². The van der Waals surface area contributed by atoms with Crippen molar-refractivity contribution in [3.8, 4) is 6.07 Å². The Hall–Kier alpha value is -0.840. The molecule has 18 heavy (non-hydrogen) atoms. The summed E-state index contributed by atoms with van der Waals surface area (Å²) in [6.45, 7) is 3.55. The van der Waals surface area contributed by atoms with Gasteiger partial charge < -0.3 is 5.11 Å². The molecule has 0 bridgehead atoms. The molecule has 0 aromatic rings. The number of piperazine rings is 1. The summed E-state index contributed by atoms with van der Waals surface area (Å²) in [6.07, 6.45) is -6.14. The van der Waals surface area contributed by atoms with Crippen molar-refractivity contribution >= 4 is 0 Å². The Morgan fingerprint density at radius 1 is 1.28 bits per heavy atom. The van der Waals surface area contributed by atoms with Crippen molar-refractivity contribution in [3.63, 3.8) is 0 Å². The molecule has 0 spiro atoms. The van der Waals surface area contributed by atoms with E-state index < -0.39 is 12.3 Å². The lowest BCUT2D eigenvalue weighted by Crippen LogP contribution is -2.52. The molecule has 7 heteroatoms. The molecule has 1 N–H and O–H groups in total. The predicted octanol–water partition coefficient (Wildman–Crippen LogP) is 0.829. The Kier molecular flexibility index (Phi) is 5.38. The first-order valence-corrected chi connectivity index (χ1v) is 5.99. The van der Waals surface area contributed by atoms with E-state index in [-0.39, 0.29) is 12.6 Å². The second-order valence-corrected chi connectivity index (χ2v) is 4.45. The number of β-amino-alcohol motifs (C(OH)–C–C–N with tert-alkyl or cyclic N) is 1. The van der Waals surface area contributed by atoms with Gasteiger partial charge in [0.25, 0.3) is 0 Å². The van der Waals surface area contributed by atoms with E-state index in [4.69, 9.17) is 10.4 Å². The van der Waals surface area contributed by atoms with Crippen molar-refractivity contribution in [2.24, 2.45) is 0 Å². The highest BCUT2D eigenvalue weighted by Gasteiger charge is 2.39. The first kappa shape index (κ1) is 15.2. The zero-order chi connectivity index (χ0) is 13.8. The third kappa shape index (κ3) is 4.12. The van der Waals surface area contributed by atoms with Crippen LogP contribution in [0.5, 0.6) is 0 Å². The van der Waals surface area contributed by atoms with E-state index in [1.54, 1.807) is 4.90 Å².